The van der Waals surface area contributed by atoms with E-state index in [2.05, 4.69) is 84.3 Å². The van der Waals surface area contributed by atoms with Gasteiger partial charge in [-0.2, -0.15) is 0 Å². The lowest BCUT2D eigenvalue weighted by Crippen LogP contribution is -2.61. The van der Waals surface area contributed by atoms with Crippen LogP contribution in [0.4, 0.5) is 0 Å². The molecule has 2 saturated heterocycles. The number of benzene rings is 5. The molecule has 7 aromatic rings. The molecule has 37 nitrogen and oxygen atoms in total. The third-order valence-corrected chi connectivity index (χ3v) is 24.8. The number of nitrogens with two attached hydrogens (primary N) is 2. The Morgan fingerprint density at radius 3 is 1.78 bits per heavy atom. The van der Waals surface area contributed by atoms with Crippen molar-refractivity contribution in [3.05, 3.63) is 131 Å². The average Bonchev–Trinajstić information content (AvgIpc) is 1.50. The van der Waals surface area contributed by atoms with Crippen LogP contribution < -0.4 is 80.6 Å². The predicted octanol–water partition coefficient (Wildman–Crippen LogP) is 0.986. The smallest absolute Gasteiger partial charge is 0.252 e. The number of rotatable bonds is 31. The molecular formula is C86H111N19O18S2. The van der Waals surface area contributed by atoms with E-state index in [0.29, 0.717) is 42.5 Å². The summed E-state index contributed by atoms with van der Waals surface area (Å²) in [5.74, 6) is -12.1. The van der Waals surface area contributed by atoms with Crippen LogP contribution in [0, 0.1) is 17.2 Å². The fourth-order valence-corrected chi connectivity index (χ4v) is 18.5. The summed E-state index contributed by atoms with van der Waals surface area (Å²) in [6.07, 6.45) is -0.429. The van der Waals surface area contributed by atoms with Gasteiger partial charge >= 0.3 is 0 Å². The summed E-state index contributed by atoms with van der Waals surface area (Å²) in [6.45, 7) is 7.21. The van der Waals surface area contributed by atoms with Crippen LogP contribution in [0.15, 0.2) is 109 Å². The van der Waals surface area contributed by atoms with Crippen LogP contribution >= 0.6 is 21.6 Å². The Hall–Kier alpha value is -11.9. The number of hydrogen-bond acceptors (Lipinski definition) is 21. The molecule has 11 rings (SSSR count). The first kappa shape index (κ1) is 93.8. The Morgan fingerprint density at radius 1 is 0.600 bits per heavy atom. The number of guanidine groups is 1. The molecule has 5 aromatic carbocycles. The van der Waals surface area contributed by atoms with Gasteiger partial charge in [0.15, 0.2) is 11.7 Å². The van der Waals surface area contributed by atoms with Crippen molar-refractivity contribution in [1.82, 2.24) is 83.2 Å². The van der Waals surface area contributed by atoms with Crippen molar-refractivity contribution in [1.29, 1.82) is 5.41 Å². The zero-order chi connectivity index (χ0) is 89.8. The van der Waals surface area contributed by atoms with Gasteiger partial charge in [0.05, 0.1) is 46.8 Å². The van der Waals surface area contributed by atoms with Crippen LogP contribution in [-0.4, -0.2) is 242 Å². The molecule has 0 spiro atoms. The lowest BCUT2D eigenvalue weighted by molar-refractivity contribution is -0.266. The number of aromatic nitrogens is 2. The van der Waals surface area contributed by atoms with Gasteiger partial charge in [0.2, 0.25) is 76.8 Å². The van der Waals surface area contributed by atoms with E-state index in [-0.39, 0.29) is 107 Å². The summed E-state index contributed by atoms with van der Waals surface area (Å²) in [5.41, 5.74) is 16.1. The van der Waals surface area contributed by atoms with Crippen LogP contribution in [0.1, 0.15) is 113 Å². The van der Waals surface area contributed by atoms with Crippen molar-refractivity contribution in [3.63, 3.8) is 0 Å². The standard InChI is InChI=1S/C86H111N19O18S2/c1-47(2)72-83(118)99-55(37-49-21-10-8-11-22-49)77(112)95-42-64(108)96-57(78(113)94-41-62(87)106)45-124-125-46-58(81(116)102-73(48(3)4)84(119)100-56(38-50-23-12-9-13-24-50)80(115)98-54(79(114)101-72)27-18-32-92-85(88)89)97-66(110)44-122-43-65(109)91-34-20-36-121-35-19-33-90-63(107)30-31-67(111)103(6)61-39-68-104-59-28-16-14-25-51(59)70-71-53(40-93-82(71)117)69-52-26-15-17-29-60(52)105(75(69)74(70)104)86(5,123-68)76(61)120-7/h8-17,21-26,28-29,47-48,54-58,61,68,72-73,76H,18-20,27,30-46H2,1-7H3,(H2,87,106)(H,90,107)(H,91,109)(H,93,117)(H,94,113)(H,95,112)(H,96,108)(H,97,110)(H,98,115)(H,99,118)(H,100,119)(H,101,114)(H,102,116)(H4,88,89,92)/t54-,55-,56-,57-,58-,61+,68+,72-,73-,76+,86-/m0/s1. The third kappa shape index (κ3) is 23.4. The zero-order valence-electron chi connectivity index (χ0n) is 70.8. The average molecular weight is 1760 g/mol. The van der Waals surface area contributed by atoms with Crippen molar-refractivity contribution in [2.45, 2.75) is 165 Å². The number of carbonyl (C=O) groups is 14. The number of ether oxygens (including phenoxy) is 4. The number of nitrogens with one attached hydrogen (secondary N) is 14. The highest BCUT2D eigenvalue weighted by atomic mass is 33.1. The first-order chi connectivity index (χ1) is 60.0. The number of fused-ring (bicyclic) bond motifs is 13. The van der Waals surface area contributed by atoms with Gasteiger partial charge in [-0.15, -0.1) is 0 Å². The van der Waals surface area contributed by atoms with E-state index < -0.39 is 170 Å². The van der Waals surface area contributed by atoms with E-state index in [1.165, 1.54) is 0 Å². The molecule has 125 heavy (non-hydrogen) atoms. The second kappa shape index (κ2) is 43.6. The van der Waals surface area contributed by atoms with E-state index in [1.54, 1.807) is 107 Å². The monoisotopic (exact) mass is 1760 g/mol. The lowest BCUT2D eigenvalue weighted by atomic mass is 9.91. The molecule has 6 heterocycles. The molecule has 39 heteroatoms. The first-order valence-corrected chi connectivity index (χ1v) is 44.2. The van der Waals surface area contributed by atoms with Crippen LogP contribution in [0.2, 0.25) is 0 Å². The predicted molar refractivity (Wildman–Crippen MR) is 468 cm³/mol. The highest BCUT2D eigenvalue weighted by Gasteiger charge is 2.55. The van der Waals surface area contributed by atoms with E-state index in [9.17, 15) is 67.1 Å². The molecule has 4 aliphatic heterocycles. The SMILES string of the molecule is CO[C@@H]1[C@H](N(C)C(=O)CCC(=O)NCCCOCCCNC(=O)COCC(=O)N[C@H]2CSSC[C@@H](C(=O)NCC(N)=O)NC(=O)CNC(=O)[C@H](Cc3ccccc3)NC(=O)[C@H](C(C)C)NC(=O)[C@H](CCCNC(=N)N)NC(=O)[C@H](Cc3ccccc3)NC(=O)[C@H](C(C)C)NC2=O)C[C@H]2O[C@]1(C)n1c3ccccc3c3c4c(c5c6ccccc6n2c5c31)C(=O)NC4. The summed E-state index contributed by atoms with van der Waals surface area (Å²) in [5, 5.41) is 46.3. The molecule has 18 N–H and O–H groups in total. The number of hydrogen-bond donors (Lipinski definition) is 16. The van der Waals surface area contributed by atoms with Crippen molar-refractivity contribution in [3.8, 4) is 0 Å². The maximum Gasteiger partial charge on any atom is 0.252 e. The van der Waals surface area contributed by atoms with Crippen molar-refractivity contribution >= 4 is 154 Å². The molecule has 2 fully saturated rings. The van der Waals surface area contributed by atoms with Gasteiger partial charge < -0.3 is 114 Å². The Bertz CT molecular complexity index is 5170. The van der Waals surface area contributed by atoms with Crippen LogP contribution in [0.5, 0.6) is 0 Å². The quantitative estimate of drug-likeness (QED) is 0.0125. The van der Waals surface area contributed by atoms with Gasteiger partial charge in [0, 0.05) is 119 Å². The van der Waals surface area contributed by atoms with Gasteiger partial charge in [-0.05, 0) is 73.3 Å². The molecule has 2 aromatic heterocycles. The maximum atomic E-state index is 14.8. The van der Waals surface area contributed by atoms with E-state index in [0.717, 1.165) is 70.8 Å². The fraction of sp³-hybridized carbons (Fsp3) is 0.477. The maximum absolute atomic E-state index is 14.8. The number of para-hydroxylation sites is 2. The van der Waals surface area contributed by atoms with Crippen molar-refractivity contribution in [2.24, 2.45) is 23.3 Å². The normalized spacial score (nSPS) is 22.4. The minimum absolute atomic E-state index is 0.0755. The highest BCUT2D eigenvalue weighted by molar-refractivity contribution is 8.76. The van der Waals surface area contributed by atoms with Gasteiger partial charge in [-0.3, -0.25) is 72.5 Å². The van der Waals surface area contributed by atoms with Gasteiger partial charge in [-0.25, -0.2) is 0 Å². The van der Waals surface area contributed by atoms with E-state index in [1.807, 2.05) is 49.4 Å². The molecule has 4 aliphatic rings. The van der Waals surface area contributed by atoms with Crippen LogP contribution in [0.3, 0.4) is 0 Å². The molecule has 0 saturated carbocycles. The number of carbonyl (C=O) groups excluding carboxylic acids is 14. The fourth-order valence-electron chi connectivity index (χ4n) is 16.2. The number of methoxy groups -OCH3 is 1. The summed E-state index contributed by atoms with van der Waals surface area (Å²) < 4.78 is 29.3. The minimum atomic E-state index is -1.49. The molecule has 14 amide bonds. The largest absolute Gasteiger partial charge is 0.381 e. The van der Waals surface area contributed by atoms with Gasteiger partial charge in [-0.1, -0.05) is 146 Å². The number of likely N-dealkylation sites (N-methyl/N-ethyl adjacent to an activating group) is 1. The second-order valence-corrected chi connectivity index (χ2v) is 34.6. The Labute approximate surface area is 729 Å². The molecule has 2 bridgehead atoms. The summed E-state index contributed by atoms with van der Waals surface area (Å²) >= 11 is 0. The van der Waals surface area contributed by atoms with E-state index in [4.69, 9.17) is 35.8 Å². The van der Waals surface area contributed by atoms with Gasteiger partial charge in [0.25, 0.3) is 5.91 Å². The topological polar surface area (TPSA) is 521 Å². The summed E-state index contributed by atoms with van der Waals surface area (Å²) in [7, 11) is 5.24. The lowest BCUT2D eigenvalue weighted by Gasteiger charge is -2.50. The number of amides is 14. The van der Waals surface area contributed by atoms with Crippen molar-refractivity contribution < 1.29 is 86.1 Å². The third-order valence-electron chi connectivity index (χ3n) is 22.4. The Morgan fingerprint density at radius 2 is 1.16 bits per heavy atom. The first-order valence-electron chi connectivity index (χ1n) is 41.7. The Kier molecular flexibility index (Phi) is 32.7. The summed E-state index contributed by atoms with van der Waals surface area (Å²) in [6, 6.07) is 22.9. The van der Waals surface area contributed by atoms with Gasteiger partial charge in [0.1, 0.15) is 67.8 Å². The van der Waals surface area contributed by atoms with Crippen LogP contribution in [0.25, 0.3) is 43.6 Å². The molecule has 0 aliphatic carbocycles. The van der Waals surface area contributed by atoms with Crippen molar-refractivity contribution in [2.75, 3.05) is 84.8 Å². The van der Waals surface area contributed by atoms with E-state index >= 15 is 0 Å². The minimum Gasteiger partial charge on any atom is -0.381 e. The Balaban J connectivity index is 0.677. The molecule has 0 unspecified atom stereocenters. The highest BCUT2D eigenvalue weighted by Crippen LogP contribution is 2.54. The molecular weight excluding hydrogens is 1650 g/mol. The zero-order valence-corrected chi connectivity index (χ0v) is 72.5. The number of nitrogens with zero attached hydrogens (tertiary/aromatic N) is 3. The number of primary amides is 1. The van der Waals surface area contributed by atoms with Crippen LogP contribution in [-0.2, 0) is 106 Å². The summed E-state index contributed by atoms with van der Waals surface area (Å²) in [4.78, 5) is 196. The second-order valence-electron chi connectivity index (χ2n) is 32.0. The molecule has 0 radical (unpaired) electrons. The molecule has 11 atom stereocenters. The molecule has 670 valence electrons.